The van der Waals surface area contributed by atoms with Crippen molar-refractivity contribution in [3.8, 4) is 0 Å². The van der Waals surface area contributed by atoms with Crippen LogP contribution in [0.3, 0.4) is 0 Å². The lowest BCUT2D eigenvalue weighted by molar-refractivity contribution is -0.122. The Morgan fingerprint density at radius 3 is 2.76 bits per heavy atom. The van der Waals surface area contributed by atoms with Crippen LogP contribution in [0.2, 0.25) is 0 Å². The molecule has 0 unspecified atom stereocenters. The Morgan fingerprint density at radius 1 is 1.53 bits per heavy atom. The molecule has 0 saturated carbocycles. The van der Waals surface area contributed by atoms with Crippen LogP contribution in [0.5, 0.6) is 0 Å². The highest BCUT2D eigenvalue weighted by Crippen LogP contribution is 2.07. The Labute approximate surface area is 102 Å². The van der Waals surface area contributed by atoms with Crippen molar-refractivity contribution in [2.24, 2.45) is 5.73 Å². The molecule has 0 spiro atoms. The van der Waals surface area contributed by atoms with Crippen molar-refractivity contribution in [3.63, 3.8) is 0 Å². The lowest BCUT2D eigenvalue weighted by atomic mass is 10.1. The summed E-state index contributed by atoms with van der Waals surface area (Å²) in [6.45, 7) is 6.09. The van der Waals surface area contributed by atoms with E-state index in [9.17, 15) is 4.79 Å². The molecular weight excluding hydrogens is 218 g/mol. The largest absolute Gasteiger partial charge is 0.444 e. The molecule has 96 valence electrons. The molecule has 0 fully saturated rings. The molecule has 17 heavy (non-hydrogen) atoms. The number of unbranched alkanes of at least 4 members (excludes halogenated alkanes) is 1. The summed E-state index contributed by atoms with van der Waals surface area (Å²) in [5.74, 6) is 1.16. The van der Waals surface area contributed by atoms with Gasteiger partial charge in [0.25, 0.3) is 0 Å². The van der Waals surface area contributed by atoms with Crippen LogP contribution in [0.1, 0.15) is 43.5 Å². The fourth-order valence-electron chi connectivity index (χ4n) is 1.46. The third-order valence-corrected chi connectivity index (χ3v) is 2.69. The number of nitrogens with one attached hydrogen (secondary N) is 1. The van der Waals surface area contributed by atoms with Crippen molar-refractivity contribution in [1.82, 2.24) is 10.3 Å². The van der Waals surface area contributed by atoms with E-state index in [0.717, 1.165) is 24.3 Å². The van der Waals surface area contributed by atoms with Gasteiger partial charge in [0.1, 0.15) is 5.76 Å². The second kappa shape index (κ2) is 6.39. The van der Waals surface area contributed by atoms with E-state index in [-0.39, 0.29) is 5.91 Å². The number of oxazole rings is 1. The van der Waals surface area contributed by atoms with Crippen molar-refractivity contribution in [2.75, 3.05) is 0 Å². The Morgan fingerprint density at radius 2 is 2.24 bits per heavy atom. The molecule has 5 heteroatoms. The molecule has 3 N–H and O–H groups in total. The predicted octanol–water partition coefficient (Wildman–Crippen LogP) is 1.43. The summed E-state index contributed by atoms with van der Waals surface area (Å²) in [7, 11) is 0. The fraction of sp³-hybridized carbons (Fsp3) is 0.667. The number of hydrogen-bond acceptors (Lipinski definition) is 4. The number of carbonyl (C=O) groups is 1. The summed E-state index contributed by atoms with van der Waals surface area (Å²) in [6.07, 6.45) is 2.72. The summed E-state index contributed by atoms with van der Waals surface area (Å²) in [4.78, 5) is 15.8. The van der Waals surface area contributed by atoms with E-state index in [1.54, 1.807) is 0 Å². The lowest BCUT2D eigenvalue weighted by Gasteiger charge is -2.10. The number of amides is 1. The van der Waals surface area contributed by atoms with E-state index in [1.165, 1.54) is 0 Å². The number of carbonyl (C=O) groups excluding carboxylic acids is 1. The molecule has 1 aromatic rings. The first kappa shape index (κ1) is 13.7. The topological polar surface area (TPSA) is 81.2 Å². The van der Waals surface area contributed by atoms with Crippen LogP contribution >= 0.6 is 0 Å². The second-order valence-corrected chi connectivity index (χ2v) is 4.22. The minimum absolute atomic E-state index is 0.146. The van der Waals surface area contributed by atoms with Gasteiger partial charge in [-0.05, 0) is 20.3 Å². The Bertz CT molecular complexity index is 354. The summed E-state index contributed by atoms with van der Waals surface area (Å²) in [5.41, 5.74) is 6.59. The standard InChI is InChI=1S/C12H21N3O2/c1-4-5-6-10(13)12(16)14-7-11-15-8(2)9(3)17-11/h10H,4-7,13H2,1-3H3,(H,14,16)/t10-/m0/s1. The van der Waals surface area contributed by atoms with Crippen LogP contribution < -0.4 is 11.1 Å². The Hall–Kier alpha value is -1.36. The SMILES string of the molecule is CCCC[C@H](N)C(=O)NCc1nc(C)c(C)o1. The second-order valence-electron chi connectivity index (χ2n) is 4.22. The van der Waals surface area contributed by atoms with Crippen LogP contribution in [0.25, 0.3) is 0 Å². The minimum atomic E-state index is -0.438. The first-order chi connectivity index (χ1) is 8.04. The van der Waals surface area contributed by atoms with Crippen LogP contribution in [0.15, 0.2) is 4.42 Å². The molecule has 1 rings (SSSR count). The van der Waals surface area contributed by atoms with Gasteiger partial charge in [0.2, 0.25) is 11.8 Å². The molecule has 1 amide bonds. The van der Waals surface area contributed by atoms with Crippen molar-refractivity contribution in [3.05, 3.63) is 17.3 Å². The van der Waals surface area contributed by atoms with Crippen LogP contribution in [0, 0.1) is 13.8 Å². The minimum Gasteiger partial charge on any atom is -0.444 e. The highest BCUT2D eigenvalue weighted by atomic mass is 16.4. The highest BCUT2D eigenvalue weighted by molar-refractivity contribution is 5.81. The van der Waals surface area contributed by atoms with Gasteiger partial charge in [-0.15, -0.1) is 0 Å². The maximum atomic E-state index is 11.6. The first-order valence-electron chi connectivity index (χ1n) is 6.00. The molecule has 1 aromatic heterocycles. The van der Waals surface area contributed by atoms with Gasteiger partial charge in [0.15, 0.2) is 0 Å². The van der Waals surface area contributed by atoms with Crippen LogP contribution in [-0.2, 0) is 11.3 Å². The molecule has 0 aliphatic rings. The molecule has 0 aliphatic heterocycles. The quantitative estimate of drug-likeness (QED) is 0.786. The molecule has 0 saturated heterocycles. The molecule has 0 aromatic carbocycles. The normalized spacial score (nSPS) is 12.5. The molecule has 1 heterocycles. The van der Waals surface area contributed by atoms with Gasteiger partial charge in [-0.25, -0.2) is 4.98 Å². The third-order valence-electron chi connectivity index (χ3n) is 2.69. The maximum Gasteiger partial charge on any atom is 0.237 e. The fourth-order valence-corrected chi connectivity index (χ4v) is 1.46. The monoisotopic (exact) mass is 239 g/mol. The summed E-state index contributed by atoms with van der Waals surface area (Å²) in [6, 6.07) is -0.438. The number of aromatic nitrogens is 1. The van der Waals surface area contributed by atoms with E-state index >= 15 is 0 Å². The van der Waals surface area contributed by atoms with E-state index in [1.807, 2.05) is 13.8 Å². The average Bonchev–Trinajstić information content (AvgIpc) is 2.62. The van der Waals surface area contributed by atoms with E-state index < -0.39 is 6.04 Å². The predicted molar refractivity (Wildman–Crippen MR) is 65.3 cm³/mol. The average molecular weight is 239 g/mol. The molecule has 0 bridgehead atoms. The summed E-state index contributed by atoms with van der Waals surface area (Å²) >= 11 is 0. The maximum absolute atomic E-state index is 11.6. The van der Waals surface area contributed by atoms with Gasteiger partial charge in [0, 0.05) is 0 Å². The summed E-state index contributed by atoms with van der Waals surface area (Å²) < 4.78 is 5.36. The zero-order valence-electron chi connectivity index (χ0n) is 10.7. The molecule has 1 atom stereocenters. The van der Waals surface area contributed by atoms with Crippen LogP contribution in [-0.4, -0.2) is 16.9 Å². The van der Waals surface area contributed by atoms with Gasteiger partial charge in [0.05, 0.1) is 18.3 Å². The summed E-state index contributed by atoms with van der Waals surface area (Å²) in [5, 5.41) is 2.73. The zero-order chi connectivity index (χ0) is 12.8. The van der Waals surface area contributed by atoms with E-state index in [0.29, 0.717) is 18.9 Å². The highest BCUT2D eigenvalue weighted by Gasteiger charge is 2.13. The van der Waals surface area contributed by atoms with Gasteiger partial charge in [-0.3, -0.25) is 4.79 Å². The van der Waals surface area contributed by atoms with Gasteiger partial charge >= 0.3 is 0 Å². The molecule has 0 radical (unpaired) electrons. The van der Waals surface area contributed by atoms with E-state index in [2.05, 4.69) is 17.2 Å². The third kappa shape index (κ3) is 4.19. The zero-order valence-corrected chi connectivity index (χ0v) is 10.7. The van der Waals surface area contributed by atoms with Gasteiger partial charge in [-0.1, -0.05) is 19.8 Å². The number of nitrogens with zero attached hydrogens (tertiary/aromatic N) is 1. The van der Waals surface area contributed by atoms with Crippen molar-refractivity contribution < 1.29 is 9.21 Å². The van der Waals surface area contributed by atoms with Gasteiger partial charge < -0.3 is 15.5 Å². The van der Waals surface area contributed by atoms with Crippen molar-refractivity contribution >= 4 is 5.91 Å². The number of aryl methyl sites for hydroxylation is 2. The van der Waals surface area contributed by atoms with Crippen molar-refractivity contribution in [1.29, 1.82) is 0 Å². The first-order valence-corrected chi connectivity index (χ1v) is 6.00. The smallest absolute Gasteiger partial charge is 0.237 e. The number of rotatable bonds is 6. The van der Waals surface area contributed by atoms with Gasteiger partial charge in [-0.2, -0.15) is 0 Å². The van der Waals surface area contributed by atoms with E-state index in [4.69, 9.17) is 10.2 Å². The molecule has 5 nitrogen and oxygen atoms in total. The molecule has 0 aliphatic carbocycles. The lowest BCUT2D eigenvalue weighted by Crippen LogP contribution is -2.40. The number of hydrogen-bond donors (Lipinski definition) is 2. The molecular formula is C12H21N3O2. The Kier molecular flexibility index (Phi) is 5.15. The van der Waals surface area contributed by atoms with Crippen LogP contribution in [0.4, 0.5) is 0 Å². The number of nitrogens with two attached hydrogens (primary N) is 1. The Balaban J connectivity index is 2.37. The van der Waals surface area contributed by atoms with Crippen molar-refractivity contribution in [2.45, 2.75) is 52.6 Å².